The van der Waals surface area contributed by atoms with Crippen LogP contribution in [0.15, 0.2) is 29.3 Å². The van der Waals surface area contributed by atoms with Gasteiger partial charge >= 0.3 is 6.09 Å². The average Bonchev–Trinajstić information content (AvgIpc) is 3.35. The van der Waals surface area contributed by atoms with Crippen LogP contribution < -0.4 is 5.32 Å². The molecule has 0 radical (unpaired) electrons. The van der Waals surface area contributed by atoms with E-state index < -0.39 is 5.60 Å². The Labute approximate surface area is 209 Å². The number of amides is 1. The van der Waals surface area contributed by atoms with Gasteiger partial charge in [0.05, 0.1) is 13.2 Å². The van der Waals surface area contributed by atoms with Crippen LogP contribution in [0.1, 0.15) is 51.7 Å². The van der Waals surface area contributed by atoms with Crippen LogP contribution in [0.2, 0.25) is 0 Å². The number of likely N-dealkylation sites (tertiary alicyclic amines) is 1. The van der Waals surface area contributed by atoms with E-state index in [9.17, 15) is 4.79 Å². The molecule has 2 heterocycles. The molecule has 2 saturated heterocycles. The van der Waals surface area contributed by atoms with Crippen molar-refractivity contribution in [3.05, 3.63) is 35.4 Å². The molecule has 2 fully saturated rings. The fraction of sp³-hybridized carbons (Fsp3) is 0.667. The van der Waals surface area contributed by atoms with Crippen LogP contribution in [-0.4, -0.2) is 67.3 Å². The summed E-state index contributed by atoms with van der Waals surface area (Å²) in [6.45, 7) is 13.5. The normalized spacial score (nSPS) is 20.9. The highest BCUT2D eigenvalue weighted by atomic mass is 127. The molecule has 1 amide bonds. The second-order valence-electron chi connectivity index (χ2n) is 9.80. The molecule has 1 spiro atoms. The van der Waals surface area contributed by atoms with Crippen molar-refractivity contribution in [1.29, 1.82) is 0 Å². The molecule has 0 bridgehead atoms. The van der Waals surface area contributed by atoms with Crippen molar-refractivity contribution in [1.82, 2.24) is 15.1 Å². The van der Waals surface area contributed by atoms with E-state index in [4.69, 9.17) is 14.5 Å². The lowest BCUT2D eigenvalue weighted by molar-refractivity contribution is 0.0285. The molecule has 8 heteroatoms. The van der Waals surface area contributed by atoms with Gasteiger partial charge in [-0.1, -0.05) is 24.3 Å². The standard InChI is InChI=1S/C24H38N4O3.HI/c1-6-25-21(28-13-11-24(17-28)12-14-30-18-24)26-15-19-7-9-20(10-8-19)16-27(5)22(29)31-23(2,3)4;/h7-10H,6,11-18H2,1-5H3,(H,25,26);1H. The number of hydrogen-bond acceptors (Lipinski definition) is 4. The van der Waals surface area contributed by atoms with E-state index in [0.29, 0.717) is 18.5 Å². The van der Waals surface area contributed by atoms with Crippen LogP contribution in [0, 0.1) is 5.41 Å². The van der Waals surface area contributed by atoms with E-state index >= 15 is 0 Å². The number of aliphatic imine (C=N–C) groups is 1. The molecule has 1 unspecified atom stereocenters. The van der Waals surface area contributed by atoms with Crippen molar-refractivity contribution >= 4 is 36.0 Å². The van der Waals surface area contributed by atoms with E-state index in [-0.39, 0.29) is 30.1 Å². The van der Waals surface area contributed by atoms with Gasteiger partial charge < -0.3 is 24.6 Å². The van der Waals surface area contributed by atoms with Crippen molar-refractivity contribution in [3.63, 3.8) is 0 Å². The number of nitrogens with zero attached hydrogens (tertiary/aromatic N) is 3. The molecule has 3 rings (SSSR count). The maximum atomic E-state index is 12.2. The summed E-state index contributed by atoms with van der Waals surface area (Å²) in [7, 11) is 1.76. The first-order chi connectivity index (χ1) is 14.7. The van der Waals surface area contributed by atoms with E-state index in [2.05, 4.69) is 41.4 Å². The van der Waals surface area contributed by atoms with Gasteiger partial charge in [-0.3, -0.25) is 0 Å². The molecule has 1 aromatic carbocycles. The molecule has 180 valence electrons. The topological polar surface area (TPSA) is 66.4 Å². The quantitative estimate of drug-likeness (QED) is 0.333. The fourth-order valence-corrected chi connectivity index (χ4v) is 4.11. The summed E-state index contributed by atoms with van der Waals surface area (Å²) in [5.74, 6) is 0.986. The molecule has 1 aromatic rings. The fourth-order valence-electron chi connectivity index (χ4n) is 4.11. The van der Waals surface area contributed by atoms with Crippen molar-refractivity contribution in [2.75, 3.05) is 39.9 Å². The molecule has 32 heavy (non-hydrogen) atoms. The first-order valence-electron chi connectivity index (χ1n) is 11.3. The van der Waals surface area contributed by atoms with Gasteiger partial charge in [0, 0.05) is 45.2 Å². The van der Waals surface area contributed by atoms with E-state index in [1.807, 2.05) is 20.8 Å². The molecular weight excluding hydrogens is 519 g/mol. The summed E-state index contributed by atoms with van der Waals surface area (Å²) in [5.41, 5.74) is 2.04. The molecule has 0 saturated carbocycles. The number of benzene rings is 1. The number of ether oxygens (including phenoxy) is 2. The predicted molar refractivity (Wildman–Crippen MR) is 138 cm³/mol. The molecule has 0 aliphatic carbocycles. The zero-order valence-electron chi connectivity index (χ0n) is 20.1. The second kappa shape index (κ2) is 11.5. The Morgan fingerprint density at radius 2 is 1.94 bits per heavy atom. The number of rotatable bonds is 5. The van der Waals surface area contributed by atoms with E-state index in [0.717, 1.165) is 56.4 Å². The number of guanidine groups is 1. The minimum atomic E-state index is -0.489. The monoisotopic (exact) mass is 558 g/mol. The highest BCUT2D eigenvalue weighted by Crippen LogP contribution is 2.38. The summed E-state index contributed by atoms with van der Waals surface area (Å²) in [6.07, 6.45) is 2.02. The van der Waals surface area contributed by atoms with Gasteiger partial charge in [0.15, 0.2) is 5.96 Å². The Morgan fingerprint density at radius 3 is 2.53 bits per heavy atom. The number of hydrogen-bond donors (Lipinski definition) is 1. The number of carbonyl (C=O) groups excluding carboxylic acids is 1. The van der Waals surface area contributed by atoms with Gasteiger partial charge in [0.2, 0.25) is 0 Å². The summed E-state index contributed by atoms with van der Waals surface area (Å²) in [5, 5.41) is 3.45. The predicted octanol–water partition coefficient (Wildman–Crippen LogP) is 4.25. The third-order valence-electron chi connectivity index (χ3n) is 5.82. The maximum Gasteiger partial charge on any atom is 0.410 e. The van der Waals surface area contributed by atoms with Gasteiger partial charge in [-0.25, -0.2) is 9.79 Å². The summed E-state index contributed by atoms with van der Waals surface area (Å²) >= 11 is 0. The SMILES string of the molecule is CCNC(=NCc1ccc(CN(C)C(=O)OC(C)(C)C)cc1)N1CCC2(CCOC2)C1.I. The third kappa shape index (κ3) is 7.50. The highest BCUT2D eigenvalue weighted by molar-refractivity contribution is 14.0. The average molecular weight is 559 g/mol. The molecule has 1 N–H and O–H groups in total. The summed E-state index contributed by atoms with van der Waals surface area (Å²) in [6, 6.07) is 8.28. The lowest BCUT2D eigenvalue weighted by Crippen LogP contribution is -2.41. The third-order valence-corrected chi connectivity index (χ3v) is 5.82. The molecule has 0 aromatic heterocycles. The Bertz CT molecular complexity index is 770. The van der Waals surface area contributed by atoms with Crippen LogP contribution in [0.4, 0.5) is 4.79 Å². The van der Waals surface area contributed by atoms with Gasteiger partial charge in [0.25, 0.3) is 0 Å². The second-order valence-corrected chi connectivity index (χ2v) is 9.80. The minimum absolute atomic E-state index is 0. The lowest BCUT2D eigenvalue weighted by atomic mass is 9.87. The van der Waals surface area contributed by atoms with Crippen LogP contribution in [-0.2, 0) is 22.6 Å². The van der Waals surface area contributed by atoms with E-state index in [1.165, 1.54) is 6.42 Å². The van der Waals surface area contributed by atoms with Crippen LogP contribution >= 0.6 is 24.0 Å². The number of halogens is 1. The summed E-state index contributed by atoms with van der Waals surface area (Å²) in [4.78, 5) is 21.0. The maximum absolute atomic E-state index is 12.2. The largest absolute Gasteiger partial charge is 0.444 e. The van der Waals surface area contributed by atoms with Crippen molar-refractivity contribution in [2.24, 2.45) is 10.4 Å². The van der Waals surface area contributed by atoms with Crippen LogP contribution in [0.25, 0.3) is 0 Å². The van der Waals surface area contributed by atoms with Gasteiger partial charge in [-0.15, -0.1) is 24.0 Å². The molecular formula is C24H39IN4O3. The van der Waals surface area contributed by atoms with Crippen molar-refractivity contribution in [3.8, 4) is 0 Å². The van der Waals surface area contributed by atoms with Crippen LogP contribution in [0.3, 0.4) is 0 Å². The smallest absolute Gasteiger partial charge is 0.410 e. The highest BCUT2D eigenvalue weighted by Gasteiger charge is 2.42. The van der Waals surface area contributed by atoms with Gasteiger partial charge in [-0.2, -0.15) is 0 Å². The first-order valence-corrected chi connectivity index (χ1v) is 11.3. The van der Waals surface area contributed by atoms with Crippen molar-refractivity contribution in [2.45, 2.75) is 59.2 Å². The number of carbonyl (C=O) groups is 1. The van der Waals surface area contributed by atoms with Gasteiger partial charge in [0.1, 0.15) is 5.60 Å². The van der Waals surface area contributed by atoms with Gasteiger partial charge in [-0.05, 0) is 51.7 Å². The molecule has 1 atom stereocenters. The minimum Gasteiger partial charge on any atom is -0.444 e. The Kier molecular flexibility index (Phi) is 9.63. The molecule has 7 nitrogen and oxygen atoms in total. The first kappa shape index (κ1) is 26.7. The Balaban J connectivity index is 0.00000363. The molecule has 2 aliphatic heterocycles. The summed E-state index contributed by atoms with van der Waals surface area (Å²) < 4.78 is 11.1. The zero-order valence-corrected chi connectivity index (χ0v) is 22.5. The zero-order chi connectivity index (χ0) is 22.5. The Hall–Kier alpha value is -1.55. The van der Waals surface area contributed by atoms with Crippen LogP contribution in [0.5, 0.6) is 0 Å². The van der Waals surface area contributed by atoms with Crippen molar-refractivity contribution < 1.29 is 14.3 Å². The number of nitrogens with one attached hydrogen (secondary N) is 1. The lowest BCUT2D eigenvalue weighted by Gasteiger charge is -2.25. The molecule has 2 aliphatic rings. The van der Waals surface area contributed by atoms with E-state index in [1.54, 1.807) is 11.9 Å². The Morgan fingerprint density at radius 1 is 1.25 bits per heavy atom.